The van der Waals surface area contributed by atoms with Gasteiger partial charge in [0.2, 0.25) is 0 Å². The third kappa shape index (κ3) is 3.55. The molecule has 0 bridgehead atoms. The number of rotatable bonds is 4. The predicted octanol–water partition coefficient (Wildman–Crippen LogP) is 3.47. The summed E-state index contributed by atoms with van der Waals surface area (Å²) in [6.45, 7) is 11.1. The van der Waals surface area contributed by atoms with Crippen LogP contribution in [0.1, 0.15) is 56.1 Å². The van der Waals surface area contributed by atoms with E-state index >= 15 is 0 Å². The van der Waals surface area contributed by atoms with Crippen molar-refractivity contribution in [3.63, 3.8) is 0 Å². The number of likely N-dealkylation sites (tertiary alicyclic amines) is 1. The highest BCUT2D eigenvalue weighted by atomic mass is 16.2. The molecule has 0 aliphatic carbocycles. The summed E-state index contributed by atoms with van der Waals surface area (Å²) in [6, 6.07) is 1.96. The molecule has 0 spiro atoms. The lowest BCUT2D eigenvalue weighted by Gasteiger charge is -2.39. The molecule has 2 heterocycles. The van der Waals surface area contributed by atoms with Crippen molar-refractivity contribution < 1.29 is 4.79 Å². The van der Waals surface area contributed by atoms with Gasteiger partial charge in [0.1, 0.15) is 0 Å². The quantitative estimate of drug-likeness (QED) is 0.923. The molecule has 1 fully saturated rings. The summed E-state index contributed by atoms with van der Waals surface area (Å²) in [5.41, 5.74) is 2.92. The molecule has 1 saturated heterocycles. The van der Waals surface area contributed by atoms with E-state index in [4.69, 9.17) is 0 Å². The molecule has 1 N–H and O–H groups in total. The number of aryl methyl sites for hydroxylation is 1. The minimum absolute atomic E-state index is 0.108. The average Bonchev–Trinajstić information content (AvgIpc) is 2.48. The highest BCUT2D eigenvalue weighted by Gasteiger charge is 2.31. The van der Waals surface area contributed by atoms with Gasteiger partial charge in [-0.3, -0.25) is 9.78 Å². The second-order valence-electron chi connectivity index (χ2n) is 6.36. The van der Waals surface area contributed by atoms with Crippen LogP contribution in [0.4, 0.5) is 5.69 Å². The first-order valence-electron chi connectivity index (χ1n) is 7.99. The Labute approximate surface area is 127 Å². The van der Waals surface area contributed by atoms with Crippen LogP contribution < -0.4 is 5.32 Å². The summed E-state index contributed by atoms with van der Waals surface area (Å²) in [5, 5.41) is 3.28. The Bertz CT molecular complexity index is 505. The first-order valence-corrected chi connectivity index (χ1v) is 7.99. The fraction of sp³-hybridized carbons (Fsp3) is 0.647. The van der Waals surface area contributed by atoms with Crippen molar-refractivity contribution in [1.82, 2.24) is 9.88 Å². The molecule has 0 radical (unpaired) electrons. The number of nitrogens with zero attached hydrogens (tertiary/aromatic N) is 2. The van der Waals surface area contributed by atoms with Gasteiger partial charge >= 0.3 is 0 Å². The monoisotopic (exact) mass is 289 g/mol. The minimum atomic E-state index is 0.108. The van der Waals surface area contributed by atoms with Gasteiger partial charge in [-0.05, 0) is 38.2 Å². The van der Waals surface area contributed by atoms with Gasteiger partial charge < -0.3 is 10.2 Å². The van der Waals surface area contributed by atoms with E-state index in [1.165, 1.54) is 6.42 Å². The number of pyridine rings is 1. The third-order valence-electron chi connectivity index (χ3n) is 4.75. The molecule has 1 aromatic heterocycles. The van der Waals surface area contributed by atoms with Crippen molar-refractivity contribution in [3.8, 4) is 0 Å². The van der Waals surface area contributed by atoms with E-state index in [-0.39, 0.29) is 5.91 Å². The minimum Gasteiger partial charge on any atom is -0.385 e. The lowest BCUT2D eigenvalue weighted by molar-refractivity contribution is 0.0601. The molecule has 1 amide bonds. The highest BCUT2D eigenvalue weighted by Crippen LogP contribution is 2.34. The maximum atomic E-state index is 12.8. The first-order chi connectivity index (χ1) is 9.99. The first kappa shape index (κ1) is 15.8. The van der Waals surface area contributed by atoms with Crippen LogP contribution in [0.2, 0.25) is 0 Å². The van der Waals surface area contributed by atoms with Crippen LogP contribution in [0.15, 0.2) is 12.3 Å². The molecule has 0 unspecified atom stereocenters. The van der Waals surface area contributed by atoms with Crippen molar-refractivity contribution in [1.29, 1.82) is 0 Å². The molecule has 1 aliphatic heterocycles. The van der Waals surface area contributed by atoms with Gasteiger partial charge in [-0.1, -0.05) is 20.3 Å². The number of amides is 1. The summed E-state index contributed by atoms with van der Waals surface area (Å²) < 4.78 is 0. The molecule has 4 nitrogen and oxygen atoms in total. The third-order valence-corrected chi connectivity index (χ3v) is 4.75. The maximum Gasteiger partial charge on any atom is 0.257 e. The summed E-state index contributed by atoms with van der Waals surface area (Å²) in [7, 11) is 0. The SMILES string of the molecule is CCNc1cc(C)ncc1C(=O)N1CCC(C)(CC)CC1. The number of aromatic nitrogens is 1. The van der Waals surface area contributed by atoms with Crippen molar-refractivity contribution in [3.05, 3.63) is 23.5 Å². The highest BCUT2D eigenvalue weighted by molar-refractivity contribution is 5.99. The van der Waals surface area contributed by atoms with E-state index in [0.29, 0.717) is 11.0 Å². The van der Waals surface area contributed by atoms with Gasteiger partial charge in [-0.25, -0.2) is 0 Å². The number of piperidine rings is 1. The van der Waals surface area contributed by atoms with Crippen molar-refractivity contribution in [2.24, 2.45) is 5.41 Å². The van der Waals surface area contributed by atoms with Crippen LogP contribution in [0.5, 0.6) is 0 Å². The Morgan fingerprint density at radius 3 is 2.62 bits per heavy atom. The van der Waals surface area contributed by atoms with Gasteiger partial charge in [-0.2, -0.15) is 0 Å². The molecular weight excluding hydrogens is 262 g/mol. The fourth-order valence-corrected chi connectivity index (χ4v) is 2.84. The van der Waals surface area contributed by atoms with E-state index in [9.17, 15) is 4.79 Å². The summed E-state index contributed by atoms with van der Waals surface area (Å²) in [4.78, 5) is 19.0. The second kappa shape index (κ2) is 6.46. The number of hydrogen-bond acceptors (Lipinski definition) is 3. The van der Waals surface area contributed by atoms with Crippen molar-refractivity contribution in [2.75, 3.05) is 25.0 Å². The average molecular weight is 289 g/mol. The molecule has 116 valence electrons. The molecule has 21 heavy (non-hydrogen) atoms. The van der Waals surface area contributed by atoms with E-state index in [1.54, 1.807) is 6.20 Å². The fourth-order valence-electron chi connectivity index (χ4n) is 2.84. The van der Waals surface area contributed by atoms with Gasteiger partial charge in [0.25, 0.3) is 5.91 Å². The molecule has 2 rings (SSSR count). The Morgan fingerprint density at radius 1 is 1.38 bits per heavy atom. The standard InChI is InChI=1S/C17H27N3O/c1-5-17(4)7-9-20(10-8-17)16(21)14-12-19-13(3)11-15(14)18-6-2/h11-12H,5-10H2,1-4H3,(H,18,19). The van der Waals surface area contributed by atoms with Crippen LogP contribution in [0, 0.1) is 12.3 Å². The Hall–Kier alpha value is -1.58. The van der Waals surface area contributed by atoms with Gasteiger partial charge in [-0.15, -0.1) is 0 Å². The number of anilines is 1. The summed E-state index contributed by atoms with van der Waals surface area (Å²) in [6.07, 6.45) is 5.07. The second-order valence-corrected chi connectivity index (χ2v) is 6.36. The van der Waals surface area contributed by atoms with Crippen LogP contribution in [0.25, 0.3) is 0 Å². The zero-order valence-corrected chi connectivity index (χ0v) is 13.7. The Balaban J connectivity index is 2.14. The molecule has 4 heteroatoms. The molecule has 1 aliphatic rings. The van der Waals surface area contributed by atoms with E-state index in [2.05, 4.69) is 24.1 Å². The molecule has 1 aromatic rings. The topological polar surface area (TPSA) is 45.2 Å². The molecule has 0 atom stereocenters. The van der Waals surface area contributed by atoms with Crippen molar-refractivity contribution >= 4 is 11.6 Å². The number of carbonyl (C=O) groups excluding carboxylic acids is 1. The zero-order valence-electron chi connectivity index (χ0n) is 13.7. The lowest BCUT2D eigenvalue weighted by Crippen LogP contribution is -2.42. The van der Waals surface area contributed by atoms with Crippen LogP contribution >= 0.6 is 0 Å². The summed E-state index contributed by atoms with van der Waals surface area (Å²) in [5.74, 6) is 0.108. The zero-order chi connectivity index (χ0) is 15.5. The largest absolute Gasteiger partial charge is 0.385 e. The molecular formula is C17H27N3O. The normalized spacial score (nSPS) is 17.6. The maximum absolute atomic E-state index is 12.8. The Morgan fingerprint density at radius 2 is 2.05 bits per heavy atom. The van der Waals surface area contributed by atoms with Crippen LogP contribution in [0.3, 0.4) is 0 Å². The van der Waals surface area contributed by atoms with E-state index in [0.717, 1.165) is 43.9 Å². The van der Waals surface area contributed by atoms with Gasteiger partial charge in [0.15, 0.2) is 0 Å². The van der Waals surface area contributed by atoms with Gasteiger partial charge in [0.05, 0.1) is 11.3 Å². The lowest BCUT2D eigenvalue weighted by atomic mass is 9.78. The Kier molecular flexibility index (Phi) is 4.86. The smallest absolute Gasteiger partial charge is 0.257 e. The van der Waals surface area contributed by atoms with E-state index < -0.39 is 0 Å². The molecule has 0 saturated carbocycles. The number of carbonyl (C=O) groups is 1. The number of nitrogens with one attached hydrogen (secondary N) is 1. The van der Waals surface area contributed by atoms with E-state index in [1.807, 2.05) is 24.8 Å². The number of hydrogen-bond donors (Lipinski definition) is 1. The predicted molar refractivity (Wildman–Crippen MR) is 86.7 cm³/mol. The summed E-state index contributed by atoms with van der Waals surface area (Å²) >= 11 is 0. The molecule has 0 aromatic carbocycles. The van der Waals surface area contributed by atoms with Crippen molar-refractivity contribution in [2.45, 2.75) is 47.0 Å². The van der Waals surface area contributed by atoms with Gasteiger partial charge in [0, 0.05) is 31.5 Å². The van der Waals surface area contributed by atoms with Crippen LogP contribution in [-0.2, 0) is 0 Å². The van der Waals surface area contributed by atoms with Crippen LogP contribution in [-0.4, -0.2) is 35.4 Å².